The fourth-order valence-corrected chi connectivity index (χ4v) is 1.27. The zero-order chi connectivity index (χ0) is 8.48. The average molecular weight is 179 g/mol. The van der Waals surface area contributed by atoms with Gasteiger partial charge in [0.15, 0.2) is 0 Å². The first-order valence-electron chi connectivity index (χ1n) is 2.68. The molecular weight excluding hydrogens is 176 g/mol. The Labute approximate surface area is 65.7 Å². The maximum atomic E-state index is 11.9. The second-order valence-corrected chi connectivity index (χ2v) is 2.94. The van der Waals surface area contributed by atoms with E-state index in [2.05, 4.69) is 0 Å². The van der Waals surface area contributed by atoms with Crippen molar-refractivity contribution < 1.29 is 18.2 Å². The van der Waals surface area contributed by atoms with E-state index in [1.165, 1.54) is 6.07 Å². The summed E-state index contributed by atoms with van der Waals surface area (Å²) in [5, 5.41) is 8.33. The van der Waals surface area contributed by atoms with Crippen molar-refractivity contribution in [2.45, 2.75) is 6.18 Å². The number of alkyl halides is 3. The van der Waals surface area contributed by atoms with Gasteiger partial charge in [-0.3, -0.25) is 0 Å². The number of hydrogen-bond acceptors (Lipinski definition) is 2. The predicted octanol–water partition coefficient (Wildman–Crippen LogP) is 1.00. The van der Waals surface area contributed by atoms with Gasteiger partial charge >= 0.3 is 13.7 Å². The molecule has 0 atom stereocenters. The summed E-state index contributed by atoms with van der Waals surface area (Å²) in [6.45, 7) is 0. The van der Waals surface area contributed by atoms with Crippen LogP contribution < -0.4 is 4.78 Å². The first kappa shape index (κ1) is 8.61. The molecule has 1 nitrogen and oxygen atoms in total. The van der Waals surface area contributed by atoms with Gasteiger partial charge in [-0.2, -0.15) is 13.2 Å². The van der Waals surface area contributed by atoms with Crippen molar-refractivity contribution in [2.75, 3.05) is 0 Å². The third-order valence-corrected chi connectivity index (χ3v) is 2.10. The van der Waals surface area contributed by atoms with Gasteiger partial charge in [-0.15, -0.1) is 11.3 Å². The summed E-state index contributed by atoms with van der Waals surface area (Å²) in [4.78, 5) is -0.696. The molecule has 0 fully saturated rings. The van der Waals surface area contributed by atoms with Gasteiger partial charge in [0.05, 0.1) is 0 Å². The molecule has 0 aliphatic heterocycles. The SMILES string of the molecule is O[B]c1ccc(C(F)(F)F)s1. The van der Waals surface area contributed by atoms with Crippen LogP contribution in [0.2, 0.25) is 0 Å². The maximum absolute atomic E-state index is 11.9. The van der Waals surface area contributed by atoms with E-state index in [0.717, 1.165) is 6.07 Å². The van der Waals surface area contributed by atoms with E-state index in [9.17, 15) is 13.2 Å². The van der Waals surface area contributed by atoms with Crippen molar-refractivity contribution in [3.05, 3.63) is 17.0 Å². The molecule has 0 aromatic carbocycles. The van der Waals surface area contributed by atoms with E-state index in [-0.39, 0.29) is 4.78 Å². The predicted molar refractivity (Wildman–Crippen MR) is 36.9 cm³/mol. The molecule has 1 heterocycles. The van der Waals surface area contributed by atoms with E-state index >= 15 is 0 Å². The third-order valence-electron chi connectivity index (χ3n) is 1.03. The molecule has 1 aromatic rings. The Morgan fingerprint density at radius 1 is 1.36 bits per heavy atom. The number of halogens is 3. The zero-order valence-electron chi connectivity index (χ0n) is 5.22. The van der Waals surface area contributed by atoms with Gasteiger partial charge in [-0.05, 0) is 10.8 Å². The van der Waals surface area contributed by atoms with Gasteiger partial charge in [-0.1, -0.05) is 6.07 Å². The summed E-state index contributed by atoms with van der Waals surface area (Å²) in [7, 11) is 0.653. The highest BCUT2D eigenvalue weighted by Crippen LogP contribution is 2.31. The smallest absolute Gasteiger partial charge is 0.425 e. The first-order valence-corrected chi connectivity index (χ1v) is 3.50. The molecule has 1 aromatic heterocycles. The Morgan fingerprint density at radius 2 is 2.00 bits per heavy atom. The van der Waals surface area contributed by atoms with Crippen LogP contribution in [0.5, 0.6) is 0 Å². The molecule has 0 saturated heterocycles. The lowest BCUT2D eigenvalue weighted by Gasteiger charge is -2.00. The van der Waals surface area contributed by atoms with E-state index in [0.29, 0.717) is 18.8 Å². The molecule has 0 aliphatic rings. The largest absolute Gasteiger partial charge is 0.449 e. The van der Waals surface area contributed by atoms with E-state index in [1.807, 2.05) is 0 Å². The monoisotopic (exact) mass is 179 g/mol. The summed E-state index contributed by atoms with van der Waals surface area (Å²) in [6, 6.07) is 2.15. The fourth-order valence-electron chi connectivity index (χ4n) is 0.575. The molecule has 1 radical (unpaired) electrons. The quantitative estimate of drug-likeness (QED) is 0.637. The molecule has 0 unspecified atom stereocenters. The summed E-state index contributed by atoms with van der Waals surface area (Å²) in [5.41, 5.74) is 0. The van der Waals surface area contributed by atoms with Crippen molar-refractivity contribution in [1.82, 2.24) is 0 Å². The summed E-state index contributed by atoms with van der Waals surface area (Å²) >= 11 is 0.509. The van der Waals surface area contributed by atoms with Crippen molar-refractivity contribution >= 4 is 23.6 Å². The van der Waals surface area contributed by atoms with Crippen molar-refractivity contribution in [3.63, 3.8) is 0 Å². The van der Waals surface area contributed by atoms with E-state index < -0.39 is 11.1 Å². The van der Waals surface area contributed by atoms with Gasteiger partial charge in [0.1, 0.15) is 4.88 Å². The minimum absolute atomic E-state index is 0.206. The first-order chi connectivity index (χ1) is 5.04. The highest BCUT2D eigenvalue weighted by molar-refractivity contribution is 7.21. The fraction of sp³-hybridized carbons (Fsp3) is 0.200. The van der Waals surface area contributed by atoms with Crippen LogP contribution in [-0.2, 0) is 6.18 Å². The third kappa shape index (κ3) is 1.97. The van der Waals surface area contributed by atoms with Crippen LogP contribution in [0.25, 0.3) is 0 Å². The van der Waals surface area contributed by atoms with Crippen molar-refractivity contribution in [3.8, 4) is 0 Å². The molecule has 0 saturated carbocycles. The average Bonchev–Trinajstić information content (AvgIpc) is 2.32. The normalized spacial score (nSPS) is 11.6. The number of thiophene rings is 1. The van der Waals surface area contributed by atoms with Gasteiger partial charge in [0, 0.05) is 0 Å². The van der Waals surface area contributed by atoms with Crippen LogP contribution in [0.1, 0.15) is 4.88 Å². The minimum Gasteiger partial charge on any atom is -0.449 e. The lowest BCUT2D eigenvalue weighted by atomic mass is 10.0. The topological polar surface area (TPSA) is 20.2 Å². The molecule has 0 aliphatic carbocycles. The van der Waals surface area contributed by atoms with Crippen LogP contribution in [0, 0.1) is 0 Å². The van der Waals surface area contributed by atoms with Gasteiger partial charge in [0.2, 0.25) is 0 Å². The number of rotatable bonds is 1. The zero-order valence-corrected chi connectivity index (χ0v) is 6.04. The second kappa shape index (κ2) is 2.87. The highest BCUT2D eigenvalue weighted by atomic mass is 32.1. The Balaban J connectivity index is 2.89. The molecule has 6 heteroatoms. The van der Waals surface area contributed by atoms with Crippen LogP contribution >= 0.6 is 11.3 Å². The highest BCUT2D eigenvalue weighted by Gasteiger charge is 2.32. The lowest BCUT2D eigenvalue weighted by molar-refractivity contribution is -0.134. The van der Waals surface area contributed by atoms with Crippen LogP contribution in [0.15, 0.2) is 12.1 Å². The van der Waals surface area contributed by atoms with E-state index in [1.54, 1.807) is 0 Å². The molecule has 59 valence electrons. The van der Waals surface area contributed by atoms with Crippen LogP contribution in [-0.4, -0.2) is 12.5 Å². The van der Waals surface area contributed by atoms with Crippen LogP contribution in [0.4, 0.5) is 13.2 Å². The Hall–Kier alpha value is -0.485. The molecule has 0 amide bonds. The molecule has 1 rings (SSSR count). The van der Waals surface area contributed by atoms with Gasteiger partial charge < -0.3 is 5.02 Å². The van der Waals surface area contributed by atoms with Gasteiger partial charge in [-0.25, -0.2) is 0 Å². The number of hydrogen-bond donors (Lipinski definition) is 1. The van der Waals surface area contributed by atoms with Crippen molar-refractivity contribution in [1.29, 1.82) is 0 Å². The standard InChI is InChI=1S/C5H3BF3OS/c7-5(8,9)3-1-2-4(6-10)11-3/h1-2,10H. The summed E-state index contributed by atoms with van der Waals surface area (Å²) < 4.78 is 35.8. The summed E-state index contributed by atoms with van der Waals surface area (Å²) in [5.74, 6) is 0. The minimum atomic E-state index is -4.30. The van der Waals surface area contributed by atoms with Crippen molar-refractivity contribution in [2.24, 2.45) is 0 Å². The lowest BCUT2D eigenvalue weighted by Crippen LogP contribution is -2.07. The Bertz CT molecular complexity index is 244. The Kier molecular flexibility index (Phi) is 2.24. The molecule has 0 spiro atoms. The molecule has 11 heavy (non-hydrogen) atoms. The molecule has 1 N–H and O–H groups in total. The molecule has 0 bridgehead atoms. The molecular formula is C5H3BF3OS. The maximum Gasteiger partial charge on any atom is 0.425 e. The van der Waals surface area contributed by atoms with Crippen LogP contribution in [0.3, 0.4) is 0 Å². The van der Waals surface area contributed by atoms with Gasteiger partial charge in [0.25, 0.3) is 0 Å². The van der Waals surface area contributed by atoms with E-state index in [4.69, 9.17) is 5.02 Å². The second-order valence-electron chi connectivity index (χ2n) is 1.83. The summed E-state index contributed by atoms with van der Waals surface area (Å²) in [6.07, 6.45) is -4.30. The Morgan fingerprint density at radius 3 is 2.27 bits per heavy atom.